The van der Waals surface area contributed by atoms with Crippen molar-refractivity contribution in [1.29, 1.82) is 0 Å². The summed E-state index contributed by atoms with van der Waals surface area (Å²) in [4.78, 5) is 17.0. The van der Waals surface area contributed by atoms with E-state index in [4.69, 9.17) is 0 Å². The zero-order valence-electron chi connectivity index (χ0n) is 19.0. The maximum atomic E-state index is 15.3. The Labute approximate surface area is 189 Å². The summed E-state index contributed by atoms with van der Waals surface area (Å²) in [6, 6.07) is 10.9. The highest BCUT2D eigenvalue weighted by Crippen LogP contribution is 2.48. The van der Waals surface area contributed by atoms with Gasteiger partial charge in [0.2, 0.25) is 0 Å². The first-order chi connectivity index (χ1) is 14.9. The Hall–Kier alpha value is -2.67. The van der Waals surface area contributed by atoms with E-state index < -0.39 is 21.1 Å². The summed E-state index contributed by atoms with van der Waals surface area (Å²) in [7, 11) is -3.14. The third-order valence-electron chi connectivity index (χ3n) is 6.35. The molecule has 0 saturated carbocycles. The van der Waals surface area contributed by atoms with Crippen molar-refractivity contribution < 1.29 is 17.6 Å². The Morgan fingerprint density at radius 3 is 2.53 bits per heavy atom. The molecule has 2 aromatic carbocycles. The van der Waals surface area contributed by atoms with E-state index in [1.165, 1.54) is 6.07 Å². The number of carbonyl (C=O) groups is 1. The Morgan fingerprint density at radius 2 is 1.94 bits per heavy atom. The number of aryl methyl sites for hydroxylation is 1. The lowest BCUT2D eigenvalue weighted by molar-refractivity contribution is 0.0930. The van der Waals surface area contributed by atoms with Gasteiger partial charge < -0.3 is 4.90 Å². The van der Waals surface area contributed by atoms with Crippen molar-refractivity contribution in [1.82, 2.24) is 0 Å². The van der Waals surface area contributed by atoms with Gasteiger partial charge in [0.25, 0.3) is 0 Å². The van der Waals surface area contributed by atoms with Crippen molar-refractivity contribution in [2.45, 2.75) is 46.6 Å². The van der Waals surface area contributed by atoms with Crippen LogP contribution in [0.5, 0.6) is 0 Å². The van der Waals surface area contributed by atoms with Gasteiger partial charge in [0.1, 0.15) is 11.6 Å². The summed E-state index contributed by atoms with van der Waals surface area (Å²) in [6.45, 7) is 12.1. The van der Waals surface area contributed by atoms with Gasteiger partial charge in [0.05, 0.1) is 28.4 Å². The smallest absolute Gasteiger partial charge is 0.166 e. The van der Waals surface area contributed by atoms with Crippen molar-refractivity contribution in [2.24, 2.45) is 5.41 Å². The van der Waals surface area contributed by atoms with Gasteiger partial charge in [-0.05, 0) is 56.4 Å². The molecule has 2 aromatic rings. The molecular weight excluding hydrogens is 427 g/mol. The molecule has 2 aliphatic heterocycles. The van der Waals surface area contributed by atoms with Crippen molar-refractivity contribution in [3.05, 3.63) is 65.7 Å². The van der Waals surface area contributed by atoms with E-state index in [1.54, 1.807) is 13.0 Å². The Morgan fingerprint density at radius 1 is 1.22 bits per heavy atom. The fraction of sp³-hybridized carbons (Fsp3) is 0.400. The second-order valence-corrected chi connectivity index (χ2v) is 11.8. The highest BCUT2D eigenvalue weighted by Gasteiger charge is 2.41. The predicted octanol–water partition coefficient (Wildman–Crippen LogP) is 5.37. The molecule has 0 radical (unpaired) electrons. The van der Waals surface area contributed by atoms with Crippen molar-refractivity contribution in [3.63, 3.8) is 0 Å². The van der Waals surface area contributed by atoms with Crippen LogP contribution in [0.1, 0.15) is 49.5 Å². The Bertz CT molecular complexity index is 1220. The number of hydrogen-bond donors (Lipinski definition) is 0. The minimum atomic E-state index is -3.14. The minimum Gasteiger partial charge on any atom is -0.324 e. The second kappa shape index (κ2) is 7.73. The highest BCUT2D eigenvalue weighted by molar-refractivity contribution is 7.91. The lowest BCUT2D eigenvalue weighted by atomic mass is 9.83. The number of sulfone groups is 1. The Balaban J connectivity index is 1.75. The average molecular weight is 457 g/mol. The summed E-state index contributed by atoms with van der Waals surface area (Å²) in [5, 5.41) is 0. The molecule has 1 fully saturated rings. The van der Waals surface area contributed by atoms with Crippen LogP contribution in [0.3, 0.4) is 0 Å². The van der Waals surface area contributed by atoms with Gasteiger partial charge in [-0.25, -0.2) is 12.8 Å². The molecule has 0 N–H and O–H groups in total. The number of Topliss-reactive ketones (excluding diaryl/α,β-unsaturated/α-hetero) is 1. The maximum absolute atomic E-state index is 15.3. The third kappa shape index (κ3) is 3.94. The molecule has 170 valence electrons. The maximum Gasteiger partial charge on any atom is 0.166 e. The van der Waals surface area contributed by atoms with E-state index >= 15 is 4.39 Å². The summed E-state index contributed by atoms with van der Waals surface area (Å²) >= 11 is 0. The molecule has 32 heavy (non-hydrogen) atoms. The molecule has 0 amide bonds. The molecule has 2 aliphatic rings. The van der Waals surface area contributed by atoms with Crippen LogP contribution in [-0.2, 0) is 9.84 Å². The molecule has 7 heteroatoms. The molecule has 1 atom stereocenters. The van der Waals surface area contributed by atoms with Crippen molar-refractivity contribution in [2.75, 3.05) is 21.3 Å². The largest absolute Gasteiger partial charge is 0.324 e. The van der Waals surface area contributed by atoms with Gasteiger partial charge in [-0.2, -0.15) is 0 Å². The monoisotopic (exact) mass is 456 g/mol. The zero-order valence-corrected chi connectivity index (χ0v) is 19.8. The van der Waals surface area contributed by atoms with Crippen LogP contribution < -0.4 is 9.80 Å². The number of hydrogen-bond acceptors (Lipinski definition) is 5. The van der Waals surface area contributed by atoms with Crippen LogP contribution in [0, 0.1) is 18.2 Å². The number of rotatable bonds is 5. The SMILES string of the molecule is C=C1N(c2cccc(C)c2)c2cc(F)c(C(=O)C[C@]3(C)CCS(=O)(=O)C3)cc2N1C(C)C. The summed E-state index contributed by atoms with van der Waals surface area (Å²) in [5.74, 6) is -0.231. The molecule has 1 saturated heterocycles. The van der Waals surface area contributed by atoms with E-state index in [0.717, 1.165) is 16.9 Å². The fourth-order valence-electron chi connectivity index (χ4n) is 4.85. The fourth-order valence-corrected chi connectivity index (χ4v) is 7.11. The number of halogens is 1. The van der Waals surface area contributed by atoms with Crippen LogP contribution in [0.2, 0.25) is 0 Å². The van der Waals surface area contributed by atoms with Crippen LogP contribution in [0.15, 0.2) is 48.8 Å². The first kappa shape index (κ1) is 22.5. The van der Waals surface area contributed by atoms with Gasteiger partial charge in [-0.3, -0.25) is 9.69 Å². The summed E-state index contributed by atoms with van der Waals surface area (Å²) in [6.07, 6.45) is 0.426. The van der Waals surface area contributed by atoms with Crippen LogP contribution >= 0.6 is 0 Å². The van der Waals surface area contributed by atoms with Gasteiger partial charge in [0.15, 0.2) is 15.6 Å². The van der Waals surface area contributed by atoms with Gasteiger partial charge >= 0.3 is 0 Å². The molecule has 5 nitrogen and oxygen atoms in total. The van der Waals surface area contributed by atoms with Crippen molar-refractivity contribution >= 4 is 32.7 Å². The lowest BCUT2D eigenvalue weighted by Crippen LogP contribution is -2.30. The number of ketones is 1. The van der Waals surface area contributed by atoms with E-state index in [2.05, 4.69) is 6.58 Å². The lowest BCUT2D eigenvalue weighted by Gasteiger charge is -2.27. The highest BCUT2D eigenvalue weighted by atomic mass is 32.2. The first-order valence-corrected chi connectivity index (χ1v) is 12.6. The van der Waals surface area contributed by atoms with E-state index in [0.29, 0.717) is 17.9 Å². The van der Waals surface area contributed by atoms with Gasteiger partial charge in [-0.15, -0.1) is 0 Å². The third-order valence-corrected chi connectivity index (χ3v) is 8.31. The van der Waals surface area contributed by atoms with Crippen LogP contribution in [-0.4, -0.2) is 31.7 Å². The molecule has 2 heterocycles. The van der Waals surface area contributed by atoms with Crippen LogP contribution in [0.25, 0.3) is 0 Å². The summed E-state index contributed by atoms with van der Waals surface area (Å²) < 4.78 is 39.1. The average Bonchev–Trinajstić information content (AvgIpc) is 3.12. The van der Waals surface area contributed by atoms with Crippen LogP contribution in [0.4, 0.5) is 21.5 Å². The molecule has 0 spiro atoms. The molecule has 0 unspecified atom stereocenters. The summed E-state index contributed by atoms with van der Waals surface area (Å²) in [5.41, 5.74) is 2.65. The number of benzene rings is 2. The van der Waals surface area contributed by atoms with E-state index in [9.17, 15) is 13.2 Å². The van der Waals surface area contributed by atoms with Gasteiger partial charge in [0, 0.05) is 24.2 Å². The van der Waals surface area contributed by atoms with E-state index in [-0.39, 0.29) is 35.3 Å². The van der Waals surface area contributed by atoms with Gasteiger partial charge in [-0.1, -0.05) is 25.6 Å². The quantitative estimate of drug-likeness (QED) is 0.566. The topological polar surface area (TPSA) is 57.7 Å². The molecule has 0 aromatic heterocycles. The normalized spacial score (nSPS) is 22.0. The standard InChI is InChI=1S/C25H29FN2O3S/c1-16(2)27-18(4)28(19-8-6-7-17(3)11-19)23-13-21(26)20(12-22(23)27)24(29)14-25(5)9-10-32(30,31)15-25/h6-8,11-13,16H,4,9-10,14-15H2,1-3,5H3/t25-/m0/s1. The number of carbonyl (C=O) groups excluding carboxylic acids is 1. The minimum absolute atomic E-state index is 0.00110. The molecule has 0 bridgehead atoms. The molecular formula is C25H29FN2O3S. The second-order valence-electron chi connectivity index (χ2n) is 9.63. The zero-order chi connectivity index (χ0) is 23.4. The van der Waals surface area contributed by atoms with E-state index in [1.807, 2.05) is 54.8 Å². The Kier molecular flexibility index (Phi) is 5.44. The molecule has 0 aliphatic carbocycles. The first-order valence-electron chi connectivity index (χ1n) is 10.8. The number of fused-ring (bicyclic) bond motifs is 1. The van der Waals surface area contributed by atoms with Crippen molar-refractivity contribution in [3.8, 4) is 0 Å². The number of nitrogens with zero attached hydrogens (tertiary/aromatic N) is 2. The molecule has 4 rings (SSSR count). The predicted molar refractivity (Wildman–Crippen MR) is 127 cm³/mol. The number of anilines is 3.